The highest BCUT2D eigenvalue weighted by molar-refractivity contribution is 7.89. The lowest BCUT2D eigenvalue weighted by atomic mass is 10.0. The molecule has 1 atom stereocenters. The molecule has 1 saturated carbocycles. The van der Waals surface area contributed by atoms with E-state index >= 15 is 0 Å². The van der Waals surface area contributed by atoms with Crippen molar-refractivity contribution in [1.29, 1.82) is 0 Å². The highest BCUT2D eigenvalue weighted by Gasteiger charge is 2.31. The van der Waals surface area contributed by atoms with E-state index in [-0.39, 0.29) is 16.6 Å². The van der Waals surface area contributed by atoms with Gasteiger partial charge in [0.05, 0.1) is 9.82 Å². The molecule has 1 aliphatic carbocycles. The monoisotopic (exact) mass is 367 g/mol. The van der Waals surface area contributed by atoms with Gasteiger partial charge in [-0.15, -0.1) is 0 Å². The number of nitro groups is 1. The molecule has 8 heteroatoms. The fraction of sp³-hybridized carbons (Fsp3) is 0.647. The average Bonchev–Trinajstić information content (AvgIpc) is 3.08. The first kappa shape index (κ1) is 18.1. The van der Waals surface area contributed by atoms with Crippen molar-refractivity contribution in [2.24, 2.45) is 5.92 Å². The summed E-state index contributed by atoms with van der Waals surface area (Å²) in [5.41, 5.74) is 0.237. The van der Waals surface area contributed by atoms with E-state index in [4.69, 9.17) is 0 Å². The summed E-state index contributed by atoms with van der Waals surface area (Å²) in [5, 5.41) is 14.7. The highest BCUT2D eigenvalue weighted by Crippen LogP contribution is 2.32. The van der Waals surface area contributed by atoms with Gasteiger partial charge in [-0.2, -0.15) is 4.31 Å². The minimum absolute atomic E-state index is 0.00488. The normalized spacial score (nSPS) is 22.8. The van der Waals surface area contributed by atoms with Gasteiger partial charge in [-0.3, -0.25) is 10.1 Å². The molecule has 3 rings (SSSR count). The van der Waals surface area contributed by atoms with Crippen LogP contribution in [0, 0.1) is 16.0 Å². The zero-order valence-electron chi connectivity index (χ0n) is 14.5. The molecular weight excluding hydrogens is 342 g/mol. The first-order valence-corrected chi connectivity index (χ1v) is 10.4. The van der Waals surface area contributed by atoms with E-state index < -0.39 is 14.9 Å². The van der Waals surface area contributed by atoms with Crippen LogP contribution in [0.15, 0.2) is 23.1 Å². The Bertz CT molecular complexity index is 744. The van der Waals surface area contributed by atoms with Crippen LogP contribution in [-0.4, -0.2) is 36.8 Å². The Labute approximate surface area is 148 Å². The van der Waals surface area contributed by atoms with E-state index in [1.165, 1.54) is 22.5 Å². The van der Waals surface area contributed by atoms with Crippen molar-refractivity contribution in [3.63, 3.8) is 0 Å². The maximum Gasteiger partial charge on any atom is 0.293 e. The van der Waals surface area contributed by atoms with Crippen LogP contribution < -0.4 is 5.32 Å². The quantitative estimate of drug-likeness (QED) is 0.636. The molecular formula is C17H25N3O4S. The molecule has 2 fully saturated rings. The van der Waals surface area contributed by atoms with Gasteiger partial charge in [-0.1, -0.05) is 19.8 Å². The Morgan fingerprint density at radius 3 is 2.56 bits per heavy atom. The molecule has 1 saturated heterocycles. The molecule has 0 radical (unpaired) electrons. The summed E-state index contributed by atoms with van der Waals surface area (Å²) < 4.78 is 27.1. The van der Waals surface area contributed by atoms with Crippen molar-refractivity contribution in [1.82, 2.24) is 4.31 Å². The number of rotatable bonds is 5. The van der Waals surface area contributed by atoms with Crippen molar-refractivity contribution in [2.75, 3.05) is 18.4 Å². The Hall–Kier alpha value is -1.67. The molecule has 2 aliphatic rings. The number of nitro benzene ring substituents is 1. The van der Waals surface area contributed by atoms with E-state index in [0.29, 0.717) is 24.7 Å². The van der Waals surface area contributed by atoms with Crippen LogP contribution in [0.5, 0.6) is 0 Å². The third kappa shape index (κ3) is 3.95. The second kappa shape index (κ2) is 7.29. The Morgan fingerprint density at radius 2 is 1.92 bits per heavy atom. The number of hydrogen-bond donors (Lipinski definition) is 1. The molecule has 1 N–H and O–H groups in total. The van der Waals surface area contributed by atoms with Crippen LogP contribution in [0.3, 0.4) is 0 Å². The smallest absolute Gasteiger partial charge is 0.293 e. The van der Waals surface area contributed by atoms with E-state index in [1.807, 2.05) is 6.92 Å². The average molecular weight is 367 g/mol. The molecule has 1 aromatic carbocycles. The number of benzene rings is 1. The number of nitrogens with one attached hydrogen (secondary N) is 1. The van der Waals surface area contributed by atoms with Crippen molar-refractivity contribution in [3.8, 4) is 0 Å². The summed E-state index contributed by atoms with van der Waals surface area (Å²) in [5.74, 6) is 0.307. The molecule has 138 valence electrons. The first-order chi connectivity index (χ1) is 11.9. The van der Waals surface area contributed by atoms with Gasteiger partial charge >= 0.3 is 0 Å². The van der Waals surface area contributed by atoms with Gasteiger partial charge in [0.1, 0.15) is 5.69 Å². The van der Waals surface area contributed by atoms with E-state index in [0.717, 1.165) is 38.5 Å². The molecule has 1 aromatic rings. The summed E-state index contributed by atoms with van der Waals surface area (Å²) in [4.78, 5) is 11.0. The van der Waals surface area contributed by atoms with Crippen LogP contribution in [-0.2, 0) is 10.0 Å². The highest BCUT2D eigenvalue weighted by atomic mass is 32.2. The molecule has 7 nitrogen and oxygen atoms in total. The maximum absolute atomic E-state index is 12.8. The van der Waals surface area contributed by atoms with Crippen molar-refractivity contribution < 1.29 is 13.3 Å². The minimum Gasteiger partial charge on any atom is -0.377 e. The first-order valence-electron chi connectivity index (χ1n) is 8.93. The largest absolute Gasteiger partial charge is 0.377 e. The van der Waals surface area contributed by atoms with Crippen LogP contribution >= 0.6 is 0 Å². The standard InChI is InChI=1S/C17H25N3O4S/c1-13-5-4-10-19(12-13)25(23,24)15-8-9-16(17(11-15)20(21)22)18-14-6-2-3-7-14/h8-9,11,13-14,18H,2-7,10,12H2,1H3/t13-/m1/s1. The zero-order chi connectivity index (χ0) is 18.0. The fourth-order valence-corrected chi connectivity index (χ4v) is 5.37. The van der Waals surface area contributed by atoms with E-state index in [2.05, 4.69) is 5.32 Å². The second-order valence-electron chi connectivity index (χ2n) is 7.17. The van der Waals surface area contributed by atoms with Crippen molar-refractivity contribution >= 4 is 21.4 Å². The van der Waals surface area contributed by atoms with Gasteiger partial charge < -0.3 is 5.32 Å². The van der Waals surface area contributed by atoms with Crippen LogP contribution in [0.1, 0.15) is 45.4 Å². The molecule has 0 amide bonds. The molecule has 0 spiro atoms. The summed E-state index contributed by atoms with van der Waals surface area (Å²) in [6.07, 6.45) is 6.04. The third-order valence-corrected chi connectivity index (χ3v) is 7.00. The number of piperidine rings is 1. The Morgan fingerprint density at radius 1 is 1.20 bits per heavy atom. The van der Waals surface area contributed by atoms with Crippen LogP contribution in [0.4, 0.5) is 11.4 Å². The molecule has 1 heterocycles. The van der Waals surface area contributed by atoms with Crippen LogP contribution in [0.25, 0.3) is 0 Å². The topological polar surface area (TPSA) is 92.6 Å². The summed E-state index contributed by atoms with van der Waals surface area (Å²) in [6.45, 7) is 2.97. The van der Waals surface area contributed by atoms with Gasteiger partial charge in [0.25, 0.3) is 5.69 Å². The van der Waals surface area contributed by atoms with Gasteiger partial charge in [0.2, 0.25) is 10.0 Å². The molecule has 1 aliphatic heterocycles. The molecule has 0 unspecified atom stereocenters. The van der Waals surface area contributed by atoms with Gasteiger partial charge in [-0.25, -0.2) is 8.42 Å². The molecule has 0 bridgehead atoms. The Balaban J connectivity index is 1.88. The SMILES string of the molecule is C[C@@H]1CCCN(S(=O)(=O)c2ccc(NC3CCCC3)c([N+](=O)[O-])c2)C1. The lowest BCUT2D eigenvalue weighted by Crippen LogP contribution is -2.39. The number of nitrogens with zero attached hydrogens (tertiary/aromatic N) is 2. The fourth-order valence-electron chi connectivity index (χ4n) is 3.75. The van der Waals surface area contributed by atoms with Gasteiger partial charge in [0, 0.05) is 25.2 Å². The predicted molar refractivity (Wildman–Crippen MR) is 96.1 cm³/mol. The number of sulfonamides is 1. The molecule has 0 aromatic heterocycles. The maximum atomic E-state index is 12.8. The van der Waals surface area contributed by atoms with Gasteiger partial charge in [-0.05, 0) is 43.7 Å². The van der Waals surface area contributed by atoms with Gasteiger partial charge in [0.15, 0.2) is 0 Å². The number of hydrogen-bond acceptors (Lipinski definition) is 5. The Kier molecular flexibility index (Phi) is 5.29. The lowest BCUT2D eigenvalue weighted by molar-refractivity contribution is -0.384. The summed E-state index contributed by atoms with van der Waals surface area (Å²) >= 11 is 0. The second-order valence-corrected chi connectivity index (χ2v) is 9.11. The number of anilines is 1. The van der Waals surface area contributed by atoms with E-state index in [9.17, 15) is 18.5 Å². The third-order valence-electron chi connectivity index (χ3n) is 5.14. The van der Waals surface area contributed by atoms with E-state index in [1.54, 1.807) is 0 Å². The van der Waals surface area contributed by atoms with Crippen molar-refractivity contribution in [2.45, 2.75) is 56.4 Å². The van der Waals surface area contributed by atoms with Crippen molar-refractivity contribution in [3.05, 3.63) is 28.3 Å². The van der Waals surface area contributed by atoms with Crippen LogP contribution in [0.2, 0.25) is 0 Å². The lowest BCUT2D eigenvalue weighted by Gasteiger charge is -2.30. The molecule has 25 heavy (non-hydrogen) atoms. The predicted octanol–water partition coefficient (Wildman–Crippen LogP) is 3.37. The minimum atomic E-state index is -3.69. The summed E-state index contributed by atoms with van der Waals surface area (Å²) in [7, 11) is -3.69. The zero-order valence-corrected chi connectivity index (χ0v) is 15.3. The summed E-state index contributed by atoms with van der Waals surface area (Å²) in [6, 6.07) is 4.45.